The number of hydrogen-bond acceptors (Lipinski definition) is 6. The fourth-order valence-corrected chi connectivity index (χ4v) is 10.9. The zero-order chi connectivity index (χ0) is 64.8. The van der Waals surface area contributed by atoms with Gasteiger partial charge >= 0.3 is 0 Å². The lowest BCUT2D eigenvalue weighted by Gasteiger charge is -2.30. The minimum Gasteiger partial charge on any atom is -0.756 e. The van der Waals surface area contributed by atoms with E-state index in [-0.39, 0.29) is 19.1 Å². The van der Waals surface area contributed by atoms with E-state index < -0.39 is 20.0 Å². The van der Waals surface area contributed by atoms with Gasteiger partial charge in [0.15, 0.2) is 0 Å². The van der Waals surface area contributed by atoms with Crippen LogP contribution in [0.3, 0.4) is 0 Å². The van der Waals surface area contributed by atoms with Crippen LogP contribution in [0.1, 0.15) is 303 Å². The monoisotopic (exact) mass is 1260 g/mol. The Morgan fingerprint density at radius 1 is 0.404 bits per heavy atom. The van der Waals surface area contributed by atoms with Gasteiger partial charge in [0, 0.05) is 6.42 Å². The van der Waals surface area contributed by atoms with Crippen molar-refractivity contribution in [3.05, 3.63) is 146 Å². The Morgan fingerprint density at radius 2 is 0.685 bits per heavy atom. The van der Waals surface area contributed by atoms with Crippen molar-refractivity contribution in [2.45, 2.75) is 315 Å². The highest BCUT2D eigenvalue weighted by molar-refractivity contribution is 7.45. The highest BCUT2D eigenvalue weighted by Gasteiger charge is 2.24. The van der Waals surface area contributed by atoms with Crippen molar-refractivity contribution in [2.75, 3.05) is 40.9 Å². The normalized spacial score (nSPS) is 14.5. The number of aliphatic hydroxyl groups is 1. The first kappa shape index (κ1) is 85.4. The number of unbranched alkanes of at least 4 members (excludes halogenated alkanes) is 29. The first-order chi connectivity index (χ1) is 43.5. The van der Waals surface area contributed by atoms with Gasteiger partial charge in [0.25, 0.3) is 7.82 Å². The molecule has 0 saturated carbocycles. The van der Waals surface area contributed by atoms with Crippen LogP contribution < -0.4 is 10.2 Å². The number of hydrogen-bond donors (Lipinski definition) is 2. The van der Waals surface area contributed by atoms with Crippen LogP contribution in [0.25, 0.3) is 0 Å². The summed E-state index contributed by atoms with van der Waals surface area (Å²) in [5, 5.41) is 14.1. The second-order valence-corrected chi connectivity index (χ2v) is 27.0. The molecular weight excluding hydrogens is 1120 g/mol. The third-order valence-corrected chi connectivity index (χ3v) is 16.8. The summed E-state index contributed by atoms with van der Waals surface area (Å²) in [7, 11) is 1.26. The number of phosphoric ester groups is 1. The van der Waals surface area contributed by atoms with Crippen LogP contribution in [0.5, 0.6) is 0 Å². The molecule has 0 rings (SSSR count). The number of carbonyl (C=O) groups is 1. The van der Waals surface area contributed by atoms with E-state index in [1.807, 2.05) is 21.1 Å². The van der Waals surface area contributed by atoms with Crippen molar-refractivity contribution >= 4 is 13.7 Å². The molecule has 89 heavy (non-hydrogen) atoms. The van der Waals surface area contributed by atoms with Gasteiger partial charge in [0.1, 0.15) is 13.2 Å². The zero-order valence-corrected chi connectivity index (χ0v) is 59.2. The number of nitrogens with one attached hydrogen (secondary N) is 1. The fourth-order valence-electron chi connectivity index (χ4n) is 10.2. The Morgan fingerprint density at radius 3 is 0.978 bits per heavy atom. The van der Waals surface area contributed by atoms with Gasteiger partial charge in [0.05, 0.1) is 39.9 Å². The SMILES string of the molecule is CC/C=C\C/C=C\C/C=C\C/C=C\C/C=C\C/C=C\C/C=C\C/C=C\C/C=C\C/C=C\C/C=C\C/C=C\CCCCC(=O)NC(COP(=O)([O-])OCC[N+](C)(C)C)C(O)CCCCCCCCCCCCCCCCCCCCCCCCCCCCCC. The topological polar surface area (TPSA) is 108 Å². The van der Waals surface area contributed by atoms with Gasteiger partial charge in [-0.2, -0.15) is 0 Å². The maximum absolute atomic E-state index is 13.1. The van der Waals surface area contributed by atoms with E-state index in [1.165, 1.54) is 161 Å². The third-order valence-electron chi connectivity index (χ3n) is 15.8. The van der Waals surface area contributed by atoms with Crippen molar-refractivity contribution in [3.8, 4) is 0 Å². The zero-order valence-electron chi connectivity index (χ0n) is 58.3. The predicted molar refractivity (Wildman–Crippen MR) is 389 cm³/mol. The van der Waals surface area contributed by atoms with Crippen LogP contribution in [0, 0.1) is 0 Å². The molecule has 3 unspecified atom stereocenters. The number of rotatable bonds is 66. The summed E-state index contributed by atoms with van der Waals surface area (Å²) in [6.07, 6.45) is 105. The summed E-state index contributed by atoms with van der Waals surface area (Å²) in [4.78, 5) is 25.7. The third kappa shape index (κ3) is 71.7. The molecule has 0 aliphatic rings. The van der Waals surface area contributed by atoms with Gasteiger partial charge < -0.3 is 28.8 Å². The number of amides is 1. The summed E-state index contributed by atoms with van der Waals surface area (Å²) in [6, 6.07) is -0.837. The Balaban J connectivity index is 4.18. The number of phosphoric acid groups is 1. The maximum atomic E-state index is 13.1. The Hall–Kier alpha value is -3.62. The Kier molecular flexibility index (Phi) is 65.9. The molecule has 510 valence electrons. The molecule has 0 spiro atoms. The lowest BCUT2D eigenvalue weighted by atomic mass is 10.0. The Bertz CT molecular complexity index is 1960. The van der Waals surface area contributed by atoms with Crippen molar-refractivity contribution in [3.63, 3.8) is 0 Å². The molecule has 0 bridgehead atoms. The van der Waals surface area contributed by atoms with Crippen molar-refractivity contribution in [2.24, 2.45) is 0 Å². The van der Waals surface area contributed by atoms with Crippen LogP contribution in [0.15, 0.2) is 146 Å². The molecule has 1 amide bonds. The standard InChI is InChI=1S/C80H139N2O6P/c1-6-8-10-12-14-16-18-20-22-24-26-28-30-32-34-36-37-38-39-40-41-42-43-44-45-46-48-50-52-54-56-58-60-62-64-66-68-70-72-74-80(84)81-78(77-88-89(85,86)87-76-75-82(3,4)5)79(83)73-71-69-67-65-63-61-59-57-55-53-51-49-47-35-33-31-29-27-25-23-21-19-17-15-13-11-9-7-2/h8,10,14,16,20,22,26,28,32,34,37-38,40-41,43-44,46,48,52,54,58,60,64,66,78-79,83H,6-7,9,11-13,15,17-19,21,23-25,27,29-31,33,35-36,39,42,45,47,49-51,53,55-57,59,61-63,65,67-77H2,1-5H3,(H-,81,84,85,86)/b10-8-,16-14-,22-20-,28-26-,34-32-,38-37-,41-40-,44-43-,48-46-,54-52-,60-58-,66-64-. The number of carbonyl (C=O) groups excluding carboxylic acids is 1. The number of aliphatic hydroxyl groups excluding tert-OH is 1. The molecular formula is C80H139N2O6P. The molecule has 0 saturated heterocycles. The molecule has 0 aliphatic heterocycles. The van der Waals surface area contributed by atoms with Crippen LogP contribution in [-0.4, -0.2) is 68.5 Å². The van der Waals surface area contributed by atoms with Crippen LogP contribution in [-0.2, 0) is 18.4 Å². The van der Waals surface area contributed by atoms with Crippen molar-refractivity contribution in [1.82, 2.24) is 5.32 Å². The largest absolute Gasteiger partial charge is 0.756 e. The molecule has 8 nitrogen and oxygen atoms in total. The molecule has 0 radical (unpaired) electrons. The van der Waals surface area contributed by atoms with Crippen LogP contribution in [0.2, 0.25) is 0 Å². The summed E-state index contributed by atoms with van der Waals surface area (Å²) in [5.41, 5.74) is 0. The van der Waals surface area contributed by atoms with Crippen LogP contribution >= 0.6 is 7.82 Å². The fraction of sp³-hybridized carbons (Fsp3) is 0.688. The summed E-state index contributed by atoms with van der Waals surface area (Å²) < 4.78 is 23.5. The summed E-state index contributed by atoms with van der Waals surface area (Å²) in [6.45, 7) is 4.59. The van der Waals surface area contributed by atoms with Gasteiger partial charge in [-0.25, -0.2) is 0 Å². The first-order valence-electron chi connectivity index (χ1n) is 36.7. The second kappa shape index (κ2) is 68.7. The van der Waals surface area contributed by atoms with E-state index in [4.69, 9.17) is 9.05 Å². The highest BCUT2D eigenvalue weighted by atomic mass is 31.2. The molecule has 0 aliphatic carbocycles. The van der Waals surface area contributed by atoms with Gasteiger partial charge in [0.2, 0.25) is 5.91 Å². The van der Waals surface area contributed by atoms with Gasteiger partial charge in [-0.05, 0) is 103 Å². The minimum absolute atomic E-state index is 0.00360. The smallest absolute Gasteiger partial charge is 0.268 e. The van der Waals surface area contributed by atoms with E-state index in [0.717, 1.165) is 109 Å². The molecule has 2 N–H and O–H groups in total. The molecule has 3 atom stereocenters. The lowest BCUT2D eigenvalue weighted by Crippen LogP contribution is -2.46. The number of allylic oxidation sites excluding steroid dienone is 24. The average molecular weight is 1260 g/mol. The summed E-state index contributed by atoms with van der Waals surface area (Å²) >= 11 is 0. The molecule has 0 heterocycles. The van der Waals surface area contributed by atoms with E-state index in [2.05, 4.69) is 165 Å². The maximum Gasteiger partial charge on any atom is 0.268 e. The number of quaternary nitrogens is 1. The van der Waals surface area contributed by atoms with E-state index in [0.29, 0.717) is 30.3 Å². The summed E-state index contributed by atoms with van der Waals surface area (Å²) in [5.74, 6) is -0.209. The first-order valence-corrected chi connectivity index (χ1v) is 38.1. The lowest BCUT2D eigenvalue weighted by molar-refractivity contribution is -0.870. The highest BCUT2D eigenvalue weighted by Crippen LogP contribution is 2.38. The van der Waals surface area contributed by atoms with E-state index in [1.54, 1.807) is 0 Å². The second-order valence-electron chi connectivity index (χ2n) is 25.6. The van der Waals surface area contributed by atoms with Gasteiger partial charge in [-0.1, -0.05) is 339 Å². The van der Waals surface area contributed by atoms with Crippen LogP contribution in [0.4, 0.5) is 0 Å². The predicted octanol–water partition coefficient (Wildman–Crippen LogP) is 23.3. The molecule has 0 aromatic carbocycles. The molecule has 0 aromatic heterocycles. The minimum atomic E-state index is -4.61. The quantitative estimate of drug-likeness (QED) is 0.0272. The van der Waals surface area contributed by atoms with E-state index >= 15 is 0 Å². The van der Waals surface area contributed by atoms with Crippen molar-refractivity contribution < 1.29 is 32.9 Å². The Labute approximate surface area is 550 Å². The van der Waals surface area contributed by atoms with Crippen molar-refractivity contribution in [1.29, 1.82) is 0 Å². The molecule has 0 aromatic rings. The molecule has 9 heteroatoms. The van der Waals surface area contributed by atoms with E-state index in [9.17, 15) is 19.4 Å². The number of nitrogens with zero attached hydrogens (tertiary/aromatic N) is 1. The van der Waals surface area contributed by atoms with Gasteiger partial charge in [-0.15, -0.1) is 0 Å². The molecule has 0 fully saturated rings. The average Bonchev–Trinajstić information content (AvgIpc) is 3.55. The van der Waals surface area contributed by atoms with Gasteiger partial charge in [-0.3, -0.25) is 9.36 Å². The number of likely N-dealkylation sites (N-methyl/N-ethyl adjacent to an activating group) is 1.